The number of halogens is 1. The van der Waals surface area contributed by atoms with E-state index >= 15 is 0 Å². The van der Waals surface area contributed by atoms with Crippen LogP contribution in [0.5, 0.6) is 0 Å². The summed E-state index contributed by atoms with van der Waals surface area (Å²) in [7, 11) is 0. The minimum Gasteiger partial charge on any atom is -0.421 e. The molecule has 16 heavy (non-hydrogen) atoms. The van der Waals surface area contributed by atoms with Gasteiger partial charge in [0.05, 0.1) is 0 Å². The van der Waals surface area contributed by atoms with Crippen LogP contribution in [0.25, 0.3) is 11.5 Å². The van der Waals surface area contributed by atoms with Crippen LogP contribution in [-0.2, 0) is 6.42 Å². The molecule has 3 nitrogen and oxygen atoms in total. The molecule has 1 heterocycles. The molecule has 0 aliphatic rings. The molecule has 0 N–H and O–H groups in total. The summed E-state index contributed by atoms with van der Waals surface area (Å²) in [6, 6.07) is 6.00. The van der Waals surface area contributed by atoms with Crippen molar-refractivity contribution >= 4 is 15.9 Å². The topological polar surface area (TPSA) is 38.9 Å². The zero-order chi connectivity index (χ0) is 11.5. The second-order valence-corrected chi connectivity index (χ2v) is 4.57. The van der Waals surface area contributed by atoms with Gasteiger partial charge >= 0.3 is 0 Å². The quantitative estimate of drug-likeness (QED) is 0.859. The van der Waals surface area contributed by atoms with Gasteiger partial charge in [0.25, 0.3) is 0 Å². The molecule has 2 rings (SSSR count). The Labute approximate surface area is 103 Å². The Hall–Kier alpha value is -1.16. The van der Waals surface area contributed by atoms with Crippen LogP contribution in [0.1, 0.15) is 24.8 Å². The molecule has 0 bridgehead atoms. The summed E-state index contributed by atoms with van der Waals surface area (Å²) in [6.45, 7) is 4.13. The Kier molecular flexibility index (Phi) is 3.39. The predicted octanol–water partition coefficient (Wildman–Crippen LogP) is 3.76. The van der Waals surface area contributed by atoms with Gasteiger partial charge in [-0.1, -0.05) is 22.9 Å². The molecular weight excluding hydrogens is 268 g/mol. The molecule has 0 saturated heterocycles. The van der Waals surface area contributed by atoms with Crippen LogP contribution in [0.2, 0.25) is 0 Å². The zero-order valence-electron chi connectivity index (χ0n) is 9.33. The van der Waals surface area contributed by atoms with Gasteiger partial charge in [0.15, 0.2) is 0 Å². The highest BCUT2D eigenvalue weighted by Gasteiger charge is 2.08. The van der Waals surface area contributed by atoms with E-state index in [2.05, 4.69) is 33.1 Å². The highest BCUT2D eigenvalue weighted by atomic mass is 79.9. The van der Waals surface area contributed by atoms with Crippen molar-refractivity contribution in [2.75, 3.05) is 0 Å². The van der Waals surface area contributed by atoms with Crippen molar-refractivity contribution in [3.63, 3.8) is 0 Å². The van der Waals surface area contributed by atoms with Crippen molar-refractivity contribution in [1.29, 1.82) is 0 Å². The smallest absolute Gasteiger partial charge is 0.247 e. The van der Waals surface area contributed by atoms with Crippen molar-refractivity contribution in [3.8, 4) is 11.5 Å². The predicted molar refractivity (Wildman–Crippen MR) is 66.2 cm³/mol. The van der Waals surface area contributed by atoms with Gasteiger partial charge in [-0.15, -0.1) is 10.2 Å². The molecule has 1 aromatic heterocycles. The minimum absolute atomic E-state index is 0.596. The van der Waals surface area contributed by atoms with Crippen LogP contribution in [-0.4, -0.2) is 10.2 Å². The Morgan fingerprint density at radius 3 is 2.81 bits per heavy atom. The van der Waals surface area contributed by atoms with Crippen molar-refractivity contribution in [2.45, 2.75) is 26.7 Å². The fraction of sp³-hybridized carbons (Fsp3) is 0.333. The maximum absolute atomic E-state index is 5.57. The maximum Gasteiger partial charge on any atom is 0.247 e. The third-order valence-electron chi connectivity index (χ3n) is 2.34. The summed E-state index contributed by atoms with van der Waals surface area (Å²) < 4.78 is 6.65. The van der Waals surface area contributed by atoms with E-state index in [0.717, 1.165) is 28.4 Å². The van der Waals surface area contributed by atoms with E-state index in [1.165, 1.54) is 0 Å². The normalized spacial score (nSPS) is 10.7. The van der Waals surface area contributed by atoms with E-state index in [0.29, 0.717) is 11.8 Å². The summed E-state index contributed by atoms with van der Waals surface area (Å²) in [6.07, 6.45) is 1.85. The summed E-state index contributed by atoms with van der Waals surface area (Å²) >= 11 is 3.47. The molecule has 0 amide bonds. The zero-order valence-corrected chi connectivity index (χ0v) is 10.9. The molecule has 0 spiro atoms. The van der Waals surface area contributed by atoms with Gasteiger partial charge in [-0.3, -0.25) is 0 Å². The number of nitrogens with zero attached hydrogens (tertiary/aromatic N) is 2. The molecule has 84 valence electrons. The molecule has 0 atom stereocenters. The largest absolute Gasteiger partial charge is 0.421 e. The molecule has 0 fully saturated rings. The molecular formula is C12H13BrN2O. The first-order valence-electron chi connectivity index (χ1n) is 5.29. The minimum atomic E-state index is 0.596. The van der Waals surface area contributed by atoms with Crippen molar-refractivity contribution < 1.29 is 4.42 Å². The van der Waals surface area contributed by atoms with Gasteiger partial charge in [0, 0.05) is 16.5 Å². The van der Waals surface area contributed by atoms with Crippen molar-refractivity contribution in [3.05, 3.63) is 34.1 Å². The Balaban J connectivity index is 2.31. The second-order valence-electron chi connectivity index (χ2n) is 3.71. The molecule has 0 saturated carbocycles. The summed E-state index contributed by atoms with van der Waals surface area (Å²) in [5.41, 5.74) is 2.13. The third kappa shape index (κ3) is 2.32. The van der Waals surface area contributed by atoms with Crippen LogP contribution in [0.3, 0.4) is 0 Å². The van der Waals surface area contributed by atoms with E-state index in [1.807, 2.05) is 25.1 Å². The Morgan fingerprint density at radius 1 is 1.31 bits per heavy atom. The molecule has 0 aliphatic heterocycles. The summed E-state index contributed by atoms with van der Waals surface area (Å²) in [4.78, 5) is 0. The standard InChI is InChI=1S/C12H13BrN2O/c1-3-4-11-14-15-12(16-11)9-5-6-10(13)8(2)7-9/h5-7H,3-4H2,1-2H3. The number of benzene rings is 1. The maximum atomic E-state index is 5.57. The number of hydrogen-bond donors (Lipinski definition) is 0. The average molecular weight is 281 g/mol. The monoisotopic (exact) mass is 280 g/mol. The van der Waals surface area contributed by atoms with E-state index in [9.17, 15) is 0 Å². The van der Waals surface area contributed by atoms with E-state index in [-0.39, 0.29) is 0 Å². The Bertz CT molecular complexity index is 494. The van der Waals surface area contributed by atoms with Crippen LogP contribution in [0.15, 0.2) is 27.1 Å². The number of aromatic nitrogens is 2. The van der Waals surface area contributed by atoms with Crippen LogP contribution < -0.4 is 0 Å². The lowest BCUT2D eigenvalue weighted by atomic mass is 10.1. The van der Waals surface area contributed by atoms with Crippen LogP contribution in [0.4, 0.5) is 0 Å². The molecule has 0 aliphatic carbocycles. The lowest BCUT2D eigenvalue weighted by Crippen LogP contribution is -1.81. The second kappa shape index (κ2) is 4.78. The van der Waals surface area contributed by atoms with Gasteiger partial charge < -0.3 is 4.42 Å². The highest BCUT2D eigenvalue weighted by Crippen LogP contribution is 2.24. The van der Waals surface area contributed by atoms with E-state index < -0.39 is 0 Å². The van der Waals surface area contributed by atoms with Gasteiger partial charge in [0.1, 0.15) is 0 Å². The van der Waals surface area contributed by atoms with E-state index in [4.69, 9.17) is 4.42 Å². The summed E-state index contributed by atoms with van der Waals surface area (Å²) in [5.74, 6) is 1.30. The van der Waals surface area contributed by atoms with Gasteiger partial charge in [0.2, 0.25) is 11.8 Å². The van der Waals surface area contributed by atoms with E-state index in [1.54, 1.807) is 0 Å². The summed E-state index contributed by atoms with van der Waals surface area (Å²) in [5, 5.41) is 8.05. The third-order valence-corrected chi connectivity index (χ3v) is 3.23. The average Bonchev–Trinajstić information content (AvgIpc) is 2.71. The first kappa shape index (κ1) is 11.3. The SMILES string of the molecule is CCCc1nnc(-c2ccc(Br)c(C)c2)o1. The molecule has 1 aromatic carbocycles. The van der Waals surface area contributed by atoms with Gasteiger partial charge in [-0.25, -0.2) is 0 Å². The first-order valence-corrected chi connectivity index (χ1v) is 6.09. The van der Waals surface area contributed by atoms with Gasteiger partial charge in [-0.05, 0) is 37.1 Å². The number of aryl methyl sites for hydroxylation is 2. The molecule has 2 aromatic rings. The van der Waals surface area contributed by atoms with Crippen molar-refractivity contribution in [1.82, 2.24) is 10.2 Å². The lowest BCUT2D eigenvalue weighted by molar-refractivity contribution is 0.502. The van der Waals surface area contributed by atoms with Crippen LogP contribution in [0, 0.1) is 6.92 Å². The molecule has 0 radical (unpaired) electrons. The number of rotatable bonds is 3. The number of hydrogen-bond acceptors (Lipinski definition) is 3. The van der Waals surface area contributed by atoms with Gasteiger partial charge in [-0.2, -0.15) is 0 Å². The fourth-order valence-electron chi connectivity index (χ4n) is 1.46. The van der Waals surface area contributed by atoms with Crippen LogP contribution >= 0.6 is 15.9 Å². The highest BCUT2D eigenvalue weighted by molar-refractivity contribution is 9.10. The fourth-order valence-corrected chi connectivity index (χ4v) is 1.71. The molecule has 4 heteroatoms. The lowest BCUT2D eigenvalue weighted by Gasteiger charge is -1.99. The Morgan fingerprint density at radius 2 is 2.12 bits per heavy atom. The van der Waals surface area contributed by atoms with Crippen molar-refractivity contribution in [2.24, 2.45) is 0 Å². The first-order chi connectivity index (χ1) is 7.70. The molecule has 0 unspecified atom stereocenters.